The van der Waals surface area contributed by atoms with E-state index in [-0.39, 0.29) is 41.2 Å². The summed E-state index contributed by atoms with van der Waals surface area (Å²) in [5, 5.41) is 5.14. The van der Waals surface area contributed by atoms with Crippen molar-refractivity contribution >= 4 is 36.0 Å². The lowest BCUT2D eigenvalue weighted by molar-refractivity contribution is -0.128. The summed E-state index contributed by atoms with van der Waals surface area (Å²) >= 11 is 1.39. The van der Waals surface area contributed by atoms with Crippen LogP contribution < -0.4 is 16.4 Å². The van der Waals surface area contributed by atoms with E-state index < -0.39 is 6.04 Å². The van der Waals surface area contributed by atoms with E-state index in [1.165, 1.54) is 17.8 Å². The van der Waals surface area contributed by atoms with E-state index >= 15 is 0 Å². The molecule has 2 amide bonds. The van der Waals surface area contributed by atoms with Crippen LogP contribution in [0, 0.1) is 11.7 Å². The molecule has 1 heterocycles. The lowest BCUT2D eigenvalue weighted by Crippen LogP contribution is -2.55. The van der Waals surface area contributed by atoms with E-state index in [4.69, 9.17) is 5.73 Å². The van der Waals surface area contributed by atoms with Gasteiger partial charge in [0.15, 0.2) is 0 Å². The lowest BCUT2D eigenvalue weighted by atomic mass is 10.1. The molecule has 1 aromatic rings. The third-order valence-corrected chi connectivity index (χ3v) is 5.09. The topological polar surface area (TPSA) is 84.2 Å². The minimum absolute atomic E-state index is 0. The van der Waals surface area contributed by atoms with E-state index in [1.54, 1.807) is 18.2 Å². The molecule has 1 fully saturated rings. The van der Waals surface area contributed by atoms with E-state index in [0.717, 1.165) is 0 Å². The summed E-state index contributed by atoms with van der Waals surface area (Å²) in [4.78, 5) is 24.2. The summed E-state index contributed by atoms with van der Waals surface area (Å²) in [6.07, 6.45) is 0.321. The highest BCUT2D eigenvalue weighted by Crippen LogP contribution is 2.23. The van der Waals surface area contributed by atoms with Gasteiger partial charge in [0.25, 0.3) is 0 Å². The zero-order valence-electron chi connectivity index (χ0n) is 13.5. The van der Waals surface area contributed by atoms with Crippen LogP contribution in [0.25, 0.3) is 0 Å². The first-order chi connectivity index (χ1) is 11.0. The zero-order chi connectivity index (χ0) is 16.8. The maximum atomic E-state index is 13.7. The predicted molar refractivity (Wildman–Crippen MR) is 96.8 cm³/mol. The number of carbonyl (C=O) groups excluding carboxylic acids is 2. The second kappa shape index (κ2) is 9.86. The average molecular weight is 376 g/mol. The van der Waals surface area contributed by atoms with Gasteiger partial charge in [0.1, 0.15) is 11.9 Å². The van der Waals surface area contributed by atoms with Crippen molar-refractivity contribution in [3.8, 4) is 0 Å². The molecular formula is C16H23ClFN3O2S. The van der Waals surface area contributed by atoms with Crippen LogP contribution in [-0.2, 0) is 16.0 Å². The molecule has 3 atom stereocenters. The molecule has 2 rings (SSSR count). The number of nitrogens with two attached hydrogens (primary N) is 1. The fraction of sp³-hybridized carbons (Fsp3) is 0.500. The number of carbonyl (C=O) groups is 2. The minimum atomic E-state index is -0.547. The Balaban J connectivity index is 0.00000288. The molecule has 1 aliphatic rings. The molecule has 5 nitrogen and oxygen atoms in total. The third-order valence-electron chi connectivity index (χ3n) is 3.78. The van der Waals surface area contributed by atoms with Crippen molar-refractivity contribution in [2.75, 3.05) is 18.8 Å². The Morgan fingerprint density at radius 1 is 1.50 bits per heavy atom. The van der Waals surface area contributed by atoms with E-state index in [9.17, 15) is 14.0 Å². The first-order valence-electron chi connectivity index (χ1n) is 7.64. The predicted octanol–water partition coefficient (Wildman–Crippen LogP) is 1.10. The molecule has 8 heteroatoms. The SMILES string of the molecule is CC(CN)CNC(=O)C1CSC(Cc2ccccc2F)C(=O)N1.Cl. The van der Waals surface area contributed by atoms with E-state index in [2.05, 4.69) is 10.6 Å². The molecule has 0 bridgehead atoms. The Bertz CT molecular complexity index is 576. The number of rotatable bonds is 6. The van der Waals surface area contributed by atoms with Crippen LogP contribution in [0.5, 0.6) is 0 Å². The molecule has 3 unspecified atom stereocenters. The maximum Gasteiger partial charge on any atom is 0.243 e. The Morgan fingerprint density at radius 2 is 2.21 bits per heavy atom. The fourth-order valence-corrected chi connectivity index (χ4v) is 3.41. The van der Waals surface area contributed by atoms with Gasteiger partial charge < -0.3 is 16.4 Å². The molecule has 1 aliphatic heterocycles. The van der Waals surface area contributed by atoms with Gasteiger partial charge in [0.2, 0.25) is 11.8 Å². The molecule has 1 saturated heterocycles. The third kappa shape index (κ3) is 5.65. The van der Waals surface area contributed by atoms with Gasteiger partial charge in [0, 0.05) is 12.3 Å². The van der Waals surface area contributed by atoms with Gasteiger partial charge in [-0.3, -0.25) is 9.59 Å². The van der Waals surface area contributed by atoms with Gasteiger partial charge in [-0.05, 0) is 30.5 Å². The number of amides is 2. The van der Waals surface area contributed by atoms with Gasteiger partial charge in [0.05, 0.1) is 5.25 Å². The smallest absolute Gasteiger partial charge is 0.243 e. The molecule has 134 valence electrons. The quantitative estimate of drug-likeness (QED) is 0.695. The second-order valence-electron chi connectivity index (χ2n) is 5.76. The van der Waals surface area contributed by atoms with Crippen LogP contribution in [0.2, 0.25) is 0 Å². The summed E-state index contributed by atoms with van der Waals surface area (Å²) in [7, 11) is 0. The molecule has 0 spiro atoms. The largest absolute Gasteiger partial charge is 0.354 e. The molecular weight excluding hydrogens is 353 g/mol. The molecule has 0 aliphatic carbocycles. The highest BCUT2D eigenvalue weighted by Gasteiger charge is 2.32. The van der Waals surface area contributed by atoms with E-state index in [1.807, 2.05) is 6.92 Å². The van der Waals surface area contributed by atoms with Crippen molar-refractivity contribution < 1.29 is 14.0 Å². The van der Waals surface area contributed by atoms with Gasteiger partial charge in [-0.2, -0.15) is 0 Å². The van der Waals surface area contributed by atoms with Gasteiger partial charge in [-0.15, -0.1) is 24.2 Å². The molecule has 0 aromatic heterocycles. The van der Waals surface area contributed by atoms with Crippen molar-refractivity contribution in [1.82, 2.24) is 10.6 Å². The van der Waals surface area contributed by atoms with E-state index in [0.29, 0.717) is 30.8 Å². The molecule has 1 aromatic carbocycles. The maximum absolute atomic E-state index is 13.7. The molecule has 0 saturated carbocycles. The number of nitrogens with one attached hydrogen (secondary N) is 2. The Morgan fingerprint density at radius 3 is 2.83 bits per heavy atom. The van der Waals surface area contributed by atoms with Crippen LogP contribution in [0.15, 0.2) is 24.3 Å². The lowest BCUT2D eigenvalue weighted by Gasteiger charge is -2.28. The Kier molecular flexibility index (Phi) is 8.52. The number of benzene rings is 1. The van der Waals surface area contributed by atoms with Crippen LogP contribution >= 0.6 is 24.2 Å². The number of hydrogen-bond donors (Lipinski definition) is 3. The Labute approximate surface area is 151 Å². The number of thioether (sulfide) groups is 1. The summed E-state index contributed by atoms with van der Waals surface area (Å²) in [6, 6.07) is 5.88. The van der Waals surface area contributed by atoms with Gasteiger partial charge >= 0.3 is 0 Å². The second-order valence-corrected chi connectivity index (χ2v) is 7.00. The fourth-order valence-electron chi connectivity index (χ4n) is 2.23. The van der Waals surface area contributed by atoms with Crippen LogP contribution in [-0.4, -0.2) is 41.9 Å². The summed E-state index contributed by atoms with van der Waals surface area (Å²) < 4.78 is 13.7. The highest BCUT2D eigenvalue weighted by molar-refractivity contribution is 8.00. The normalized spacial score (nSPS) is 21.4. The van der Waals surface area contributed by atoms with Crippen LogP contribution in [0.3, 0.4) is 0 Å². The molecule has 4 N–H and O–H groups in total. The van der Waals surface area contributed by atoms with Crippen LogP contribution in [0.4, 0.5) is 4.39 Å². The van der Waals surface area contributed by atoms with Crippen molar-refractivity contribution in [3.63, 3.8) is 0 Å². The summed E-state index contributed by atoms with van der Waals surface area (Å²) in [6.45, 7) is 2.93. The van der Waals surface area contributed by atoms with Crippen molar-refractivity contribution in [1.29, 1.82) is 0 Å². The monoisotopic (exact) mass is 375 g/mol. The zero-order valence-corrected chi connectivity index (χ0v) is 15.1. The highest BCUT2D eigenvalue weighted by atomic mass is 35.5. The average Bonchev–Trinajstić information content (AvgIpc) is 2.56. The van der Waals surface area contributed by atoms with Crippen molar-refractivity contribution in [2.24, 2.45) is 11.7 Å². The standard InChI is InChI=1S/C16H22FN3O2S.ClH/c1-10(7-18)8-19-15(21)13-9-23-14(16(22)20-13)6-11-4-2-3-5-12(11)17;/h2-5,10,13-14H,6-9,18H2,1H3,(H,19,21)(H,20,22);1H. The summed E-state index contributed by atoms with van der Waals surface area (Å²) in [5.41, 5.74) is 6.02. The summed E-state index contributed by atoms with van der Waals surface area (Å²) in [5.74, 6) is -0.0588. The molecule has 24 heavy (non-hydrogen) atoms. The van der Waals surface area contributed by atoms with Gasteiger partial charge in [-0.1, -0.05) is 25.1 Å². The van der Waals surface area contributed by atoms with Gasteiger partial charge in [-0.25, -0.2) is 4.39 Å². The minimum Gasteiger partial charge on any atom is -0.354 e. The van der Waals surface area contributed by atoms with Crippen LogP contribution in [0.1, 0.15) is 12.5 Å². The number of halogens is 2. The Hall–Kier alpha value is -1.31. The number of hydrogen-bond acceptors (Lipinski definition) is 4. The van der Waals surface area contributed by atoms with Crippen molar-refractivity contribution in [3.05, 3.63) is 35.6 Å². The first kappa shape index (κ1) is 20.7. The van der Waals surface area contributed by atoms with Crippen molar-refractivity contribution in [2.45, 2.75) is 24.6 Å². The molecule has 0 radical (unpaired) electrons. The first-order valence-corrected chi connectivity index (χ1v) is 8.69.